The Balaban J connectivity index is 5.23. The number of carbonyl (C=O) groups excluding carboxylic acids is 3. The van der Waals surface area contributed by atoms with Crippen LogP contribution < -0.4 is 16.0 Å². The van der Waals surface area contributed by atoms with Gasteiger partial charge in [-0.1, -0.05) is 102 Å². The van der Waals surface area contributed by atoms with Crippen molar-refractivity contribution >= 4 is 17.7 Å². The first-order valence-corrected chi connectivity index (χ1v) is 17.5. The monoisotopic (exact) mass is 594 g/mol. The van der Waals surface area contributed by atoms with Gasteiger partial charge in [-0.3, -0.25) is 14.4 Å². The van der Waals surface area contributed by atoms with Crippen LogP contribution in [0.15, 0.2) is 0 Å². The molecule has 0 aromatic rings. The van der Waals surface area contributed by atoms with E-state index in [4.69, 9.17) is 0 Å². The fourth-order valence-electron chi connectivity index (χ4n) is 6.38. The van der Waals surface area contributed by atoms with E-state index in [9.17, 15) is 14.4 Å². The summed E-state index contributed by atoms with van der Waals surface area (Å²) in [5.41, 5.74) is 0. The lowest BCUT2D eigenvalue weighted by atomic mass is 9.85. The maximum absolute atomic E-state index is 13.3. The van der Waals surface area contributed by atoms with Crippen LogP contribution in [0, 0.1) is 59.2 Å². The van der Waals surface area contributed by atoms with Gasteiger partial charge in [-0.2, -0.15) is 0 Å². The van der Waals surface area contributed by atoms with Gasteiger partial charge in [0.1, 0.15) is 0 Å². The van der Waals surface area contributed by atoms with Gasteiger partial charge in [0.15, 0.2) is 0 Å². The maximum Gasteiger partial charge on any atom is 0.224 e. The predicted octanol–water partition coefficient (Wildman–Crippen LogP) is 7.86. The normalized spacial score (nSPS) is 16.9. The third kappa shape index (κ3) is 17.5. The molecule has 0 aromatic heterocycles. The summed E-state index contributed by atoms with van der Waals surface area (Å²) in [6.07, 6.45) is 6.66. The van der Waals surface area contributed by atoms with Gasteiger partial charge >= 0.3 is 0 Å². The van der Waals surface area contributed by atoms with E-state index >= 15 is 0 Å². The number of hydrogen-bond donors (Lipinski definition) is 3. The number of amides is 3. The lowest BCUT2D eigenvalue weighted by molar-refractivity contribution is -0.133. The summed E-state index contributed by atoms with van der Waals surface area (Å²) in [4.78, 5) is 39.3. The van der Waals surface area contributed by atoms with Gasteiger partial charge in [0.25, 0.3) is 0 Å². The Morgan fingerprint density at radius 1 is 0.476 bits per heavy atom. The molecule has 248 valence electrons. The molecule has 0 spiro atoms. The molecule has 0 saturated heterocycles. The maximum atomic E-state index is 13.3. The summed E-state index contributed by atoms with van der Waals surface area (Å²) in [6.45, 7) is 28.5. The molecule has 0 rings (SSSR count). The van der Waals surface area contributed by atoms with Gasteiger partial charge < -0.3 is 16.0 Å². The van der Waals surface area contributed by atoms with E-state index < -0.39 is 5.92 Å². The molecule has 6 nitrogen and oxygen atoms in total. The van der Waals surface area contributed by atoms with Crippen LogP contribution >= 0.6 is 0 Å². The first-order chi connectivity index (χ1) is 19.6. The van der Waals surface area contributed by atoms with E-state index in [1.165, 1.54) is 0 Å². The topological polar surface area (TPSA) is 87.3 Å². The summed E-state index contributed by atoms with van der Waals surface area (Å²) in [5, 5.41) is 9.20. The van der Waals surface area contributed by atoms with Crippen molar-refractivity contribution in [3.8, 4) is 0 Å². The molecule has 3 amide bonds. The molecule has 0 saturated carbocycles. The number of nitrogens with one attached hydrogen (secondary N) is 3. The highest BCUT2D eigenvalue weighted by atomic mass is 16.2. The smallest absolute Gasteiger partial charge is 0.224 e. The van der Waals surface area contributed by atoms with Crippen LogP contribution in [0.4, 0.5) is 0 Å². The van der Waals surface area contributed by atoms with Gasteiger partial charge in [-0.05, 0) is 72.5 Å². The number of hydrogen-bond acceptors (Lipinski definition) is 3. The van der Waals surface area contributed by atoms with Crippen molar-refractivity contribution in [2.75, 3.05) is 19.6 Å². The van der Waals surface area contributed by atoms with Crippen molar-refractivity contribution < 1.29 is 14.4 Å². The van der Waals surface area contributed by atoms with Crippen molar-refractivity contribution in [3.63, 3.8) is 0 Å². The molecule has 6 heteroatoms. The molecule has 6 atom stereocenters. The molecule has 6 unspecified atom stereocenters. The minimum atomic E-state index is -0.673. The van der Waals surface area contributed by atoms with Gasteiger partial charge in [-0.15, -0.1) is 0 Å². The van der Waals surface area contributed by atoms with Gasteiger partial charge in [0.2, 0.25) is 17.7 Å². The van der Waals surface area contributed by atoms with E-state index in [1.54, 1.807) is 0 Å². The largest absolute Gasteiger partial charge is 0.356 e. The number of carbonyl (C=O) groups is 3. The van der Waals surface area contributed by atoms with Crippen molar-refractivity contribution in [1.82, 2.24) is 16.0 Å². The second kappa shape index (κ2) is 22.0. The molecule has 0 fully saturated rings. The first-order valence-electron chi connectivity index (χ1n) is 17.5. The van der Waals surface area contributed by atoms with Crippen molar-refractivity contribution in [1.29, 1.82) is 0 Å². The van der Waals surface area contributed by atoms with Crippen LogP contribution in [0.1, 0.15) is 134 Å². The highest BCUT2D eigenvalue weighted by Gasteiger charge is 2.26. The van der Waals surface area contributed by atoms with E-state index in [-0.39, 0.29) is 30.6 Å². The molecule has 0 bridgehead atoms. The van der Waals surface area contributed by atoms with Crippen molar-refractivity contribution in [2.45, 2.75) is 134 Å². The van der Waals surface area contributed by atoms with Gasteiger partial charge in [0.05, 0.1) is 5.92 Å². The molecule has 0 aliphatic rings. The molecule has 0 aliphatic heterocycles. The summed E-state index contributed by atoms with van der Waals surface area (Å²) in [7, 11) is 0. The first kappa shape index (κ1) is 40.4. The Morgan fingerprint density at radius 2 is 0.762 bits per heavy atom. The van der Waals surface area contributed by atoms with E-state index in [1.807, 2.05) is 0 Å². The van der Waals surface area contributed by atoms with Crippen LogP contribution in [0.3, 0.4) is 0 Å². The third-order valence-electron chi connectivity index (χ3n) is 9.67. The summed E-state index contributed by atoms with van der Waals surface area (Å²) >= 11 is 0. The molecule has 0 aromatic carbocycles. The van der Waals surface area contributed by atoms with Crippen LogP contribution in [-0.4, -0.2) is 37.4 Å². The molecule has 0 aliphatic carbocycles. The fourth-order valence-corrected chi connectivity index (χ4v) is 6.38. The predicted molar refractivity (Wildman–Crippen MR) is 179 cm³/mol. The zero-order valence-electron chi connectivity index (χ0n) is 29.8. The standard InChI is InChI=1S/C36H71N3O3/c1-13-30(24(4)5)16-27(10)21-37-34(40)19-33(36(42)39-23-29(12)18-32(15-3)26(8)9)20-35(41)38-22-28(11)17-31(14-2)25(6)7/h24-33H,13-23H2,1-12H3,(H,37,40)(H,38,41)(H,39,42). The average Bonchev–Trinajstić information content (AvgIpc) is 2.92. The van der Waals surface area contributed by atoms with E-state index in [0.717, 1.165) is 38.5 Å². The Hall–Kier alpha value is -1.59. The molecule has 0 radical (unpaired) electrons. The van der Waals surface area contributed by atoms with Crippen LogP contribution in [0.25, 0.3) is 0 Å². The molecule has 42 heavy (non-hydrogen) atoms. The third-order valence-corrected chi connectivity index (χ3v) is 9.67. The minimum absolute atomic E-state index is 0.0339. The SMILES string of the molecule is CCC(CC(C)CNC(=O)CC(CC(=O)NCC(C)CC(CC)C(C)C)C(=O)NCC(C)CC(CC)C(C)C)C(C)C. The second-order valence-corrected chi connectivity index (χ2v) is 14.7. The Labute approximate surface area is 261 Å². The fraction of sp³-hybridized carbons (Fsp3) is 0.917. The summed E-state index contributed by atoms with van der Waals surface area (Å²) < 4.78 is 0. The van der Waals surface area contributed by atoms with Gasteiger partial charge in [-0.25, -0.2) is 0 Å². The Kier molecular flexibility index (Phi) is 21.2. The molecule has 0 heterocycles. The quantitative estimate of drug-likeness (QED) is 0.113. The van der Waals surface area contributed by atoms with Crippen LogP contribution in [0.5, 0.6) is 0 Å². The molecular formula is C36H71N3O3. The van der Waals surface area contributed by atoms with E-state index in [2.05, 4.69) is 99.0 Å². The highest BCUT2D eigenvalue weighted by Crippen LogP contribution is 2.25. The second-order valence-electron chi connectivity index (χ2n) is 14.7. The zero-order valence-corrected chi connectivity index (χ0v) is 29.8. The minimum Gasteiger partial charge on any atom is -0.356 e. The Morgan fingerprint density at radius 3 is 1.02 bits per heavy atom. The van der Waals surface area contributed by atoms with E-state index in [0.29, 0.717) is 72.9 Å². The van der Waals surface area contributed by atoms with Gasteiger partial charge in [0, 0.05) is 32.5 Å². The van der Waals surface area contributed by atoms with Crippen molar-refractivity contribution in [3.05, 3.63) is 0 Å². The molecule has 3 N–H and O–H groups in total. The lowest BCUT2D eigenvalue weighted by Gasteiger charge is -2.25. The summed E-state index contributed by atoms with van der Waals surface area (Å²) in [5.74, 6) is 3.66. The van der Waals surface area contributed by atoms with Crippen molar-refractivity contribution in [2.24, 2.45) is 59.2 Å². The lowest BCUT2D eigenvalue weighted by Crippen LogP contribution is -2.40. The van der Waals surface area contributed by atoms with Crippen LogP contribution in [0.2, 0.25) is 0 Å². The highest BCUT2D eigenvalue weighted by molar-refractivity contribution is 5.90. The Bertz CT molecular complexity index is 709. The van der Waals surface area contributed by atoms with Crippen LogP contribution in [-0.2, 0) is 14.4 Å². The summed E-state index contributed by atoms with van der Waals surface area (Å²) in [6, 6.07) is 0. The molecular weight excluding hydrogens is 522 g/mol. The average molecular weight is 594 g/mol. The zero-order chi connectivity index (χ0) is 32.4. The number of rotatable bonds is 23.